The zero-order valence-corrected chi connectivity index (χ0v) is 9.69. The molecule has 0 saturated carbocycles. The van der Waals surface area contributed by atoms with Crippen molar-refractivity contribution >= 4 is 23.8 Å². The molecule has 7 heteroatoms. The topological polar surface area (TPSA) is 70.1 Å². The summed E-state index contributed by atoms with van der Waals surface area (Å²) in [4.78, 5) is 24.0. The molecule has 6 nitrogen and oxygen atoms in total. The summed E-state index contributed by atoms with van der Waals surface area (Å²) in [6.45, 7) is 2.00. The Labute approximate surface area is 93.3 Å². The van der Waals surface area contributed by atoms with Crippen LogP contribution in [0.1, 0.15) is 6.92 Å². The number of ether oxygens (including phenoxy) is 1. The van der Waals surface area contributed by atoms with Crippen LogP contribution in [0.15, 0.2) is 0 Å². The van der Waals surface area contributed by atoms with Gasteiger partial charge in [-0.25, -0.2) is 9.59 Å². The summed E-state index contributed by atoms with van der Waals surface area (Å²) in [5, 5.41) is 8.55. The molecule has 0 radical (unpaired) electrons. The van der Waals surface area contributed by atoms with E-state index in [-0.39, 0.29) is 13.1 Å². The van der Waals surface area contributed by atoms with Crippen LogP contribution in [-0.4, -0.2) is 59.8 Å². The number of carbonyl (C=O) groups is 2. The van der Waals surface area contributed by atoms with E-state index in [1.54, 1.807) is 0 Å². The molecule has 88 valence electrons. The minimum atomic E-state index is -1.04. The first-order chi connectivity index (χ1) is 6.84. The zero-order chi connectivity index (χ0) is 12.0. The number of carbonyl (C=O) groups excluding carboxylic acids is 1. The summed E-state index contributed by atoms with van der Waals surface area (Å²) < 4.78 is 4.69. The highest BCUT2D eigenvalue weighted by atomic mass is 35.5. The average Bonchev–Trinajstić information content (AvgIpc) is 2.12. The van der Waals surface area contributed by atoms with Crippen molar-refractivity contribution in [2.24, 2.45) is 0 Å². The maximum atomic E-state index is 11.2. The molecular formula is C8H15ClN2O4. The van der Waals surface area contributed by atoms with Crippen LogP contribution >= 0.6 is 11.6 Å². The lowest BCUT2D eigenvalue weighted by atomic mass is 10.5. The third kappa shape index (κ3) is 6.01. The molecule has 0 bridgehead atoms. The Morgan fingerprint density at radius 1 is 1.33 bits per heavy atom. The first-order valence-electron chi connectivity index (χ1n) is 4.34. The molecule has 1 unspecified atom stereocenters. The highest BCUT2D eigenvalue weighted by molar-refractivity contribution is 6.19. The van der Waals surface area contributed by atoms with Crippen molar-refractivity contribution in [2.75, 3.05) is 27.2 Å². The van der Waals surface area contributed by atoms with E-state index in [1.165, 1.54) is 25.9 Å². The second kappa shape index (κ2) is 6.34. The SMILES string of the molecule is CC(Cl)OC(=O)N(C)CCN(C)C(=O)O. The quantitative estimate of drug-likeness (QED) is 0.749. The molecule has 0 fully saturated rings. The van der Waals surface area contributed by atoms with Gasteiger partial charge in [0.15, 0.2) is 5.56 Å². The zero-order valence-electron chi connectivity index (χ0n) is 8.94. The first kappa shape index (κ1) is 13.8. The summed E-state index contributed by atoms with van der Waals surface area (Å²) in [5.74, 6) is 0. The van der Waals surface area contributed by atoms with E-state index in [9.17, 15) is 9.59 Å². The van der Waals surface area contributed by atoms with Crippen molar-refractivity contribution in [3.8, 4) is 0 Å². The third-order valence-corrected chi connectivity index (χ3v) is 1.76. The van der Waals surface area contributed by atoms with Crippen LogP contribution in [0.4, 0.5) is 9.59 Å². The van der Waals surface area contributed by atoms with Crippen LogP contribution < -0.4 is 0 Å². The fourth-order valence-corrected chi connectivity index (χ4v) is 0.792. The summed E-state index contributed by atoms with van der Waals surface area (Å²) in [6, 6.07) is 0. The lowest BCUT2D eigenvalue weighted by molar-refractivity contribution is 0.0993. The largest absolute Gasteiger partial charge is 0.465 e. The highest BCUT2D eigenvalue weighted by Crippen LogP contribution is 2.00. The maximum Gasteiger partial charge on any atom is 0.411 e. The van der Waals surface area contributed by atoms with Gasteiger partial charge in [-0.3, -0.25) is 0 Å². The predicted octanol–water partition coefficient (Wildman–Crippen LogP) is 1.25. The molecule has 0 aromatic carbocycles. The Bertz CT molecular complexity index is 235. The first-order valence-corrected chi connectivity index (χ1v) is 4.78. The molecule has 1 N–H and O–H groups in total. The van der Waals surface area contributed by atoms with Crippen LogP contribution in [0.2, 0.25) is 0 Å². The summed E-state index contributed by atoms with van der Waals surface area (Å²) in [7, 11) is 2.93. The lowest BCUT2D eigenvalue weighted by Gasteiger charge is -2.20. The van der Waals surface area contributed by atoms with Gasteiger partial charge in [0.2, 0.25) is 0 Å². The Morgan fingerprint density at radius 2 is 1.80 bits per heavy atom. The lowest BCUT2D eigenvalue weighted by Crippen LogP contribution is -2.37. The van der Waals surface area contributed by atoms with E-state index in [2.05, 4.69) is 0 Å². The maximum absolute atomic E-state index is 11.2. The Kier molecular flexibility index (Phi) is 5.84. The van der Waals surface area contributed by atoms with E-state index >= 15 is 0 Å². The van der Waals surface area contributed by atoms with Gasteiger partial charge in [-0.05, 0) is 6.92 Å². The number of alkyl halides is 1. The molecule has 1 atom stereocenters. The average molecular weight is 239 g/mol. The van der Waals surface area contributed by atoms with Crippen molar-refractivity contribution in [1.29, 1.82) is 0 Å². The monoisotopic (exact) mass is 238 g/mol. The van der Waals surface area contributed by atoms with Gasteiger partial charge in [0.25, 0.3) is 0 Å². The fraction of sp³-hybridized carbons (Fsp3) is 0.750. The minimum Gasteiger partial charge on any atom is -0.465 e. The molecule has 0 heterocycles. The normalized spacial score (nSPS) is 11.7. The Balaban J connectivity index is 3.87. The van der Waals surface area contributed by atoms with Crippen molar-refractivity contribution in [3.05, 3.63) is 0 Å². The molecule has 0 rings (SSSR count). The van der Waals surface area contributed by atoms with Crippen LogP contribution in [0.3, 0.4) is 0 Å². The van der Waals surface area contributed by atoms with Gasteiger partial charge in [0, 0.05) is 27.2 Å². The minimum absolute atomic E-state index is 0.220. The van der Waals surface area contributed by atoms with E-state index < -0.39 is 17.7 Å². The van der Waals surface area contributed by atoms with Crippen LogP contribution in [0.5, 0.6) is 0 Å². The van der Waals surface area contributed by atoms with Gasteiger partial charge in [0.1, 0.15) is 0 Å². The van der Waals surface area contributed by atoms with E-state index in [0.717, 1.165) is 4.90 Å². The molecule has 0 aliphatic carbocycles. The van der Waals surface area contributed by atoms with Crippen molar-refractivity contribution < 1.29 is 19.4 Å². The van der Waals surface area contributed by atoms with Crippen LogP contribution in [0, 0.1) is 0 Å². The Hall–Kier alpha value is -1.17. The Morgan fingerprint density at radius 3 is 2.20 bits per heavy atom. The van der Waals surface area contributed by atoms with Gasteiger partial charge in [-0.2, -0.15) is 0 Å². The van der Waals surface area contributed by atoms with Gasteiger partial charge in [-0.15, -0.1) is 0 Å². The number of rotatable bonds is 4. The molecule has 0 aromatic rings. The number of nitrogens with zero attached hydrogens (tertiary/aromatic N) is 2. The summed E-state index contributed by atoms with van der Waals surface area (Å²) >= 11 is 5.46. The molecule has 15 heavy (non-hydrogen) atoms. The fourth-order valence-electron chi connectivity index (χ4n) is 0.716. The second-order valence-electron chi connectivity index (χ2n) is 3.05. The number of halogens is 1. The van der Waals surface area contributed by atoms with E-state index in [1.807, 2.05) is 0 Å². The molecule has 2 amide bonds. The molecular weight excluding hydrogens is 224 g/mol. The number of hydrogen-bond acceptors (Lipinski definition) is 3. The summed E-state index contributed by atoms with van der Waals surface area (Å²) in [6.07, 6.45) is -1.61. The standard InChI is InChI=1S/C8H15ClN2O4/c1-6(9)15-8(14)11(3)5-4-10(2)7(12)13/h6H,4-5H2,1-3H3,(H,12,13). The van der Waals surface area contributed by atoms with Crippen molar-refractivity contribution in [2.45, 2.75) is 12.5 Å². The molecule has 0 aliphatic rings. The van der Waals surface area contributed by atoms with Gasteiger partial charge >= 0.3 is 12.2 Å². The van der Waals surface area contributed by atoms with Crippen molar-refractivity contribution in [1.82, 2.24) is 9.80 Å². The number of hydrogen-bond donors (Lipinski definition) is 1. The smallest absolute Gasteiger partial charge is 0.411 e. The van der Waals surface area contributed by atoms with Crippen LogP contribution in [-0.2, 0) is 4.74 Å². The van der Waals surface area contributed by atoms with Gasteiger partial charge < -0.3 is 19.6 Å². The van der Waals surface area contributed by atoms with Gasteiger partial charge in [0.05, 0.1) is 0 Å². The third-order valence-electron chi connectivity index (χ3n) is 1.67. The summed E-state index contributed by atoms with van der Waals surface area (Å²) in [5.41, 5.74) is -0.697. The molecule has 0 aliphatic heterocycles. The molecule has 0 spiro atoms. The number of carboxylic acid groups (broad SMARTS) is 1. The van der Waals surface area contributed by atoms with E-state index in [4.69, 9.17) is 21.4 Å². The van der Waals surface area contributed by atoms with Crippen LogP contribution in [0.25, 0.3) is 0 Å². The van der Waals surface area contributed by atoms with Crippen molar-refractivity contribution in [3.63, 3.8) is 0 Å². The number of likely N-dealkylation sites (N-methyl/N-ethyl adjacent to an activating group) is 2. The number of amides is 2. The molecule has 0 aromatic heterocycles. The van der Waals surface area contributed by atoms with E-state index in [0.29, 0.717) is 0 Å². The van der Waals surface area contributed by atoms with Gasteiger partial charge in [-0.1, -0.05) is 11.6 Å². The predicted molar refractivity (Wildman–Crippen MR) is 55.1 cm³/mol. The second-order valence-corrected chi connectivity index (χ2v) is 3.67. The highest BCUT2D eigenvalue weighted by Gasteiger charge is 2.14. The molecule has 0 saturated heterocycles.